The molecule has 0 radical (unpaired) electrons. The number of anilines is 1. The summed E-state index contributed by atoms with van der Waals surface area (Å²) in [6.45, 7) is 13.9. The van der Waals surface area contributed by atoms with Gasteiger partial charge in [-0.3, -0.25) is 20.1 Å². The van der Waals surface area contributed by atoms with Crippen molar-refractivity contribution < 1.29 is 18.7 Å². The largest absolute Gasteiger partial charge is 0.500 e. The van der Waals surface area contributed by atoms with Crippen molar-refractivity contribution in [2.45, 2.75) is 20.8 Å². The molecule has 41 heavy (non-hydrogen) atoms. The molecule has 2 heterocycles. The van der Waals surface area contributed by atoms with Gasteiger partial charge in [0.15, 0.2) is 0 Å². The Morgan fingerprint density at radius 3 is 2.73 bits per heavy atom. The fourth-order valence-electron chi connectivity index (χ4n) is 3.91. The number of nitrogens with zero attached hydrogens (tertiary/aromatic N) is 4. The number of hydrogen-bond donors (Lipinski definition) is 5. The lowest BCUT2D eigenvalue weighted by Gasteiger charge is -2.26. The number of rotatable bonds is 9. The van der Waals surface area contributed by atoms with Gasteiger partial charge in [0, 0.05) is 49.4 Å². The number of morpholine rings is 1. The number of benzene rings is 1. The molecule has 1 fully saturated rings. The first-order valence-corrected chi connectivity index (χ1v) is 13.1. The van der Waals surface area contributed by atoms with Crippen LogP contribution in [0.1, 0.15) is 31.1 Å². The van der Waals surface area contributed by atoms with Crippen molar-refractivity contribution in [3.05, 3.63) is 65.7 Å². The predicted molar refractivity (Wildman–Crippen MR) is 160 cm³/mol. The summed E-state index contributed by atoms with van der Waals surface area (Å²) in [6.07, 6.45) is 4.24. The van der Waals surface area contributed by atoms with Gasteiger partial charge in [-0.25, -0.2) is 14.4 Å². The van der Waals surface area contributed by atoms with Crippen molar-refractivity contribution in [2.75, 3.05) is 51.8 Å². The zero-order valence-electron chi connectivity index (χ0n) is 23.9. The van der Waals surface area contributed by atoms with Gasteiger partial charge in [-0.2, -0.15) is 0 Å². The molecule has 0 unspecified atom stereocenters. The quantitative estimate of drug-likeness (QED) is 0.174. The smallest absolute Gasteiger partial charge is 0.256 e. The molecular formula is C28H38FN9O3. The molecule has 2 aliphatic rings. The molecule has 12 nitrogen and oxygen atoms in total. The van der Waals surface area contributed by atoms with Crippen LogP contribution in [-0.4, -0.2) is 81.0 Å². The number of nitrogens with two attached hydrogens (primary N) is 1. The van der Waals surface area contributed by atoms with Crippen molar-refractivity contribution in [3.63, 3.8) is 0 Å². The Morgan fingerprint density at radius 2 is 2.07 bits per heavy atom. The highest BCUT2D eigenvalue weighted by Crippen LogP contribution is 2.25. The van der Waals surface area contributed by atoms with Crippen molar-refractivity contribution in [1.29, 1.82) is 5.41 Å². The van der Waals surface area contributed by atoms with E-state index in [1.165, 1.54) is 37.7 Å². The molecule has 0 bridgehead atoms. The summed E-state index contributed by atoms with van der Waals surface area (Å²) in [5.41, 5.74) is 6.55. The molecule has 0 spiro atoms. The summed E-state index contributed by atoms with van der Waals surface area (Å²) in [4.78, 5) is 28.0. The molecule has 1 amide bonds. The summed E-state index contributed by atoms with van der Waals surface area (Å²) in [6, 6.07) is 3.74. The van der Waals surface area contributed by atoms with E-state index in [4.69, 9.17) is 20.6 Å². The highest BCUT2D eigenvalue weighted by atomic mass is 19.1. The third-order valence-electron chi connectivity index (χ3n) is 6.05. The molecule has 0 aromatic heterocycles. The number of halogens is 1. The molecule has 0 saturated carbocycles. The first-order chi connectivity index (χ1) is 19.5. The average molecular weight is 568 g/mol. The average Bonchev–Trinajstić information content (AvgIpc) is 2.93. The van der Waals surface area contributed by atoms with Crippen LogP contribution in [0.2, 0.25) is 0 Å². The van der Waals surface area contributed by atoms with E-state index < -0.39 is 11.7 Å². The van der Waals surface area contributed by atoms with Crippen LogP contribution < -0.4 is 21.7 Å². The number of amides is 1. The molecule has 0 atom stereocenters. The Hall–Kier alpha value is -4.36. The van der Waals surface area contributed by atoms with E-state index in [-0.39, 0.29) is 34.0 Å². The van der Waals surface area contributed by atoms with Gasteiger partial charge in [0.2, 0.25) is 5.96 Å². The second-order valence-corrected chi connectivity index (χ2v) is 10.2. The topological polar surface area (TPSA) is 162 Å². The Bertz CT molecular complexity index is 1300. The highest BCUT2D eigenvalue weighted by molar-refractivity contribution is 6.41. The number of methoxy groups -OCH3 is 1. The standard InChI is InChI=1S/C28H38FN9O3/c1-6-32-21-17-34-27(33-9-10-38-11-13-41-14-12-38)37-24(21)25(31)35-20-15-18(7-8-19(20)29)26(39)36-23(30)16-22(40-5)28(2,3)4/h6-8,15-17,35H,1,9-14,31H2,2-5H3,(H,33,37)(H2,30,36,39)/b22-16-,25-24-,32-21-. The Labute approximate surface area is 239 Å². The highest BCUT2D eigenvalue weighted by Gasteiger charge is 2.20. The van der Waals surface area contributed by atoms with Crippen LogP contribution in [-0.2, 0) is 9.47 Å². The minimum Gasteiger partial charge on any atom is -0.500 e. The number of nitrogens with one attached hydrogen (secondary N) is 4. The van der Waals surface area contributed by atoms with Gasteiger partial charge in [0.1, 0.15) is 34.6 Å². The number of ether oxygens (including phenoxy) is 2. The van der Waals surface area contributed by atoms with Crippen molar-refractivity contribution in [1.82, 2.24) is 15.5 Å². The Morgan fingerprint density at radius 1 is 1.34 bits per heavy atom. The maximum Gasteiger partial charge on any atom is 0.256 e. The number of aliphatic imine (C=N–C) groups is 3. The minimum absolute atomic E-state index is 0.00808. The second-order valence-electron chi connectivity index (χ2n) is 10.2. The summed E-state index contributed by atoms with van der Waals surface area (Å²) in [5.74, 6) is -0.579. The molecule has 1 aromatic rings. The molecule has 220 valence electrons. The van der Waals surface area contributed by atoms with Crippen LogP contribution in [0.25, 0.3) is 0 Å². The van der Waals surface area contributed by atoms with Crippen LogP contribution in [0.5, 0.6) is 0 Å². The van der Waals surface area contributed by atoms with E-state index in [9.17, 15) is 9.18 Å². The van der Waals surface area contributed by atoms with Crippen molar-refractivity contribution in [3.8, 4) is 0 Å². The normalized spacial score (nSPS) is 18.4. The lowest BCUT2D eigenvalue weighted by atomic mass is 9.93. The molecule has 1 saturated heterocycles. The fraction of sp³-hybridized carbons (Fsp3) is 0.393. The van der Waals surface area contributed by atoms with Crippen molar-refractivity contribution in [2.24, 2.45) is 26.1 Å². The molecule has 1 aromatic carbocycles. The second kappa shape index (κ2) is 14.3. The number of hydrogen-bond acceptors (Lipinski definition) is 11. The molecule has 13 heteroatoms. The third-order valence-corrected chi connectivity index (χ3v) is 6.05. The van der Waals surface area contributed by atoms with E-state index in [0.717, 1.165) is 25.7 Å². The number of allylic oxidation sites excluding steroid dienone is 2. The number of carbonyl (C=O) groups excluding carboxylic acids is 1. The molecule has 3 rings (SSSR count). The van der Waals surface area contributed by atoms with Crippen molar-refractivity contribution >= 4 is 35.3 Å². The van der Waals surface area contributed by atoms with Crippen LogP contribution in [0.3, 0.4) is 0 Å². The first kappa shape index (κ1) is 31.2. The summed E-state index contributed by atoms with van der Waals surface area (Å²) < 4.78 is 25.5. The van der Waals surface area contributed by atoms with Crippen LogP contribution >= 0.6 is 0 Å². The summed E-state index contributed by atoms with van der Waals surface area (Å²) in [5, 5.41) is 16.6. The maximum absolute atomic E-state index is 14.8. The SMILES string of the molecule is C=C/N=C1/C=NC(NCCN2CCOCC2)=N/C1=C(/N)Nc1cc(C(=O)NC(=N)/C=C(\OC)C(C)(C)C)ccc1F. The maximum atomic E-state index is 14.8. The zero-order valence-corrected chi connectivity index (χ0v) is 23.9. The zero-order chi connectivity index (χ0) is 30.0. The van der Waals surface area contributed by atoms with Gasteiger partial charge in [-0.15, -0.1) is 0 Å². The van der Waals surface area contributed by atoms with E-state index in [1.807, 2.05) is 20.8 Å². The summed E-state index contributed by atoms with van der Waals surface area (Å²) in [7, 11) is 1.50. The number of guanidine groups is 1. The minimum atomic E-state index is -0.644. The Kier molecular flexibility index (Phi) is 10.9. The summed E-state index contributed by atoms with van der Waals surface area (Å²) >= 11 is 0. The van der Waals surface area contributed by atoms with E-state index in [2.05, 4.69) is 42.4 Å². The van der Waals surface area contributed by atoms with Gasteiger partial charge in [0.25, 0.3) is 5.91 Å². The Balaban J connectivity index is 1.76. The molecular weight excluding hydrogens is 529 g/mol. The predicted octanol–water partition coefficient (Wildman–Crippen LogP) is 2.60. The first-order valence-electron chi connectivity index (χ1n) is 13.1. The van der Waals surface area contributed by atoms with E-state index in [1.54, 1.807) is 0 Å². The van der Waals surface area contributed by atoms with Crippen LogP contribution in [0.15, 0.2) is 69.3 Å². The number of carbonyl (C=O) groups is 1. The van der Waals surface area contributed by atoms with Crippen LogP contribution in [0, 0.1) is 16.6 Å². The van der Waals surface area contributed by atoms with Gasteiger partial charge < -0.3 is 31.2 Å². The van der Waals surface area contributed by atoms with Gasteiger partial charge >= 0.3 is 0 Å². The number of amidine groups is 1. The monoisotopic (exact) mass is 567 g/mol. The fourth-order valence-corrected chi connectivity index (χ4v) is 3.91. The third kappa shape index (κ3) is 9.08. The molecule has 6 N–H and O–H groups in total. The molecule has 0 aliphatic carbocycles. The van der Waals surface area contributed by atoms with E-state index >= 15 is 0 Å². The van der Waals surface area contributed by atoms with Gasteiger partial charge in [-0.05, 0) is 18.2 Å². The molecule has 2 aliphatic heterocycles. The van der Waals surface area contributed by atoms with Gasteiger partial charge in [0.05, 0.1) is 32.2 Å². The van der Waals surface area contributed by atoms with Crippen LogP contribution in [0.4, 0.5) is 10.1 Å². The lowest BCUT2D eigenvalue weighted by Crippen LogP contribution is -2.41. The lowest BCUT2D eigenvalue weighted by molar-refractivity contribution is 0.0389. The van der Waals surface area contributed by atoms with E-state index in [0.29, 0.717) is 37.2 Å². The van der Waals surface area contributed by atoms with Gasteiger partial charge in [-0.1, -0.05) is 27.4 Å².